The van der Waals surface area contributed by atoms with Gasteiger partial charge in [0, 0.05) is 44.3 Å². The highest BCUT2D eigenvalue weighted by Crippen LogP contribution is 2.50. The van der Waals surface area contributed by atoms with E-state index >= 15 is 0 Å². The molecule has 0 saturated carbocycles. The maximum Gasteiger partial charge on any atom is 0.136 e. The second kappa shape index (κ2) is 22.6. The fourth-order valence-corrected chi connectivity index (χ4v) is 13.9. The second-order valence-corrected chi connectivity index (χ2v) is 23.5. The summed E-state index contributed by atoms with van der Waals surface area (Å²) < 4.78 is 6.33. The van der Waals surface area contributed by atoms with Gasteiger partial charge in [-0.15, -0.1) is 0 Å². The lowest BCUT2D eigenvalue weighted by molar-refractivity contribution is 0.669. The van der Waals surface area contributed by atoms with Gasteiger partial charge in [-0.1, -0.05) is 279 Å². The molecule has 91 heavy (non-hydrogen) atoms. The van der Waals surface area contributed by atoms with E-state index in [1.54, 1.807) is 0 Å². The highest BCUT2D eigenvalue weighted by atomic mass is 16.3. The van der Waals surface area contributed by atoms with E-state index in [4.69, 9.17) is 4.42 Å². The van der Waals surface area contributed by atoms with Crippen LogP contribution in [0.15, 0.2) is 356 Å². The molecule has 1 aromatic heterocycles. The van der Waals surface area contributed by atoms with Gasteiger partial charge < -0.3 is 14.2 Å². The molecular weight excluding hydrogens is 1100 g/mol. The summed E-state index contributed by atoms with van der Waals surface area (Å²) in [5.41, 5.74) is 22.1. The summed E-state index contributed by atoms with van der Waals surface area (Å²) in [6.45, 7) is 0. The van der Waals surface area contributed by atoms with Crippen LogP contribution in [-0.2, 0) is 0 Å². The van der Waals surface area contributed by atoms with Gasteiger partial charge in [-0.3, -0.25) is 0 Å². The van der Waals surface area contributed by atoms with Crippen molar-refractivity contribution in [2.24, 2.45) is 0 Å². The fourth-order valence-electron chi connectivity index (χ4n) is 13.9. The molecule has 17 rings (SSSR count). The molecular formula is C88H58N2O. The molecule has 3 heteroatoms. The summed E-state index contributed by atoms with van der Waals surface area (Å²) in [7, 11) is 0. The Morgan fingerprint density at radius 1 is 0.187 bits per heavy atom. The molecule has 0 unspecified atom stereocenters. The minimum atomic E-state index is 0.899. The number of benzene rings is 16. The van der Waals surface area contributed by atoms with Crippen LogP contribution < -0.4 is 9.80 Å². The number of fused-ring (bicyclic) bond motifs is 8. The van der Waals surface area contributed by atoms with Gasteiger partial charge in [-0.05, 0) is 166 Å². The molecule has 0 aliphatic carbocycles. The molecule has 0 spiro atoms. The first kappa shape index (κ1) is 53.2. The highest BCUT2D eigenvalue weighted by molar-refractivity contribution is 6.15. The Morgan fingerprint density at radius 2 is 0.648 bits per heavy atom. The third-order valence-electron chi connectivity index (χ3n) is 18.3. The Hall–Kier alpha value is -12.0. The van der Waals surface area contributed by atoms with E-state index in [2.05, 4.69) is 356 Å². The summed E-state index contributed by atoms with van der Waals surface area (Å²) >= 11 is 0. The molecule has 16 aromatic carbocycles. The minimum absolute atomic E-state index is 0.899. The third-order valence-corrected chi connectivity index (χ3v) is 18.3. The molecule has 3 nitrogen and oxygen atoms in total. The van der Waals surface area contributed by atoms with E-state index in [0.29, 0.717) is 0 Å². The molecule has 0 atom stereocenters. The maximum absolute atomic E-state index is 6.33. The van der Waals surface area contributed by atoms with Crippen molar-refractivity contribution in [1.29, 1.82) is 0 Å². The van der Waals surface area contributed by atoms with Crippen LogP contribution in [0.5, 0.6) is 0 Å². The lowest BCUT2D eigenvalue weighted by Gasteiger charge is -2.31. The van der Waals surface area contributed by atoms with Crippen LogP contribution in [-0.4, -0.2) is 0 Å². The zero-order chi connectivity index (χ0) is 60.2. The van der Waals surface area contributed by atoms with Crippen LogP contribution in [0.1, 0.15) is 0 Å². The summed E-state index contributed by atoms with van der Waals surface area (Å²) in [4.78, 5) is 4.92. The van der Waals surface area contributed by atoms with E-state index in [1.807, 2.05) is 6.07 Å². The average molecular weight is 1160 g/mol. The molecule has 17 aromatic rings. The largest absolute Gasteiger partial charge is 0.456 e. The van der Waals surface area contributed by atoms with Gasteiger partial charge in [0.25, 0.3) is 0 Å². The monoisotopic (exact) mass is 1160 g/mol. The molecule has 426 valence electrons. The molecule has 0 aliphatic rings. The third kappa shape index (κ3) is 9.56. The van der Waals surface area contributed by atoms with E-state index in [-0.39, 0.29) is 0 Å². The van der Waals surface area contributed by atoms with Gasteiger partial charge in [-0.25, -0.2) is 0 Å². The molecule has 1 heterocycles. The zero-order valence-corrected chi connectivity index (χ0v) is 49.8. The summed E-state index contributed by atoms with van der Waals surface area (Å²) in [5.74, 6) is 0. The Bertz CT molecular complexity index is 5590. The minimum Gasteiger partial charge on any atom is -0.456 e. The topological polar surface area (TPSA) is 19.6 Å². The van der Waals surface area contributed by atoms with E-state index in [9.17, 15) is 0 Å². The number of para-hydroxylation sites is 3. The predicted octanol–water partition coefficient (Wildman–Crippen LogP) is 25.1. The smallest absolute Gasteiger partial charge is 0.136 e. The number of furan rings is 1. The normalized spacial score (nSPS) is 11.5. The van der Waals surface area contributed by atoms with E-state index < -0.39 is 0 Å². The zero-order valence-electron chi connectivity index (χ0n) is 49.8. The number of hydrogen-bond donors (Lipinski definition) is 0. The number of hydrogen-bond acceptors (Lipinski definition) is 3. The Balaban J connectivity index is 0.816. The average Bonchev–Trinajstić information content (AvgIpc) is 1.60. The van der Waals surface area contributed by atoms with Crippen LogP contribution in [0, 0.1) is 0 Å². The van der Waals surface area contributed by atoms with Crippen LogP contribution in [0.4, 0.5) is 34.1 Å². The van der Waals surface area contributed by atoms with Crippen molar-refractivity contribution in [2.45, 2.75) is 0 Å². The van der Waals surface area contributed by atoms with Crippen molar-refractivity contribution in [3.8, 4) is 66.8 Å². The Kier molecular flexibility index (Phi) is 13.2. The summed E-state index contributed by atoms with van der Waals surface area (Å²) in [6, 6.07) is 128. The number of rotatable bonds is 12. The number of nitrogens with zero attached hydrogens (tertiary/aromatic N) is 2. The number of anilines is 6. The molecule has 0 saturated heterocycles. The Morgan fingerprint density at radius 3 is 1.43 bits per heavy atom. The van der Waals surface area contributed by atoms with E-state index in [0.717, 1.165) is 94.7 Å². The lowest BCUT2D eigenvalue weighted by atomic mass is 9.94. The highest BCUT2D eigenvalue weighted by Gasteiger charge is 2.25. The molecule has 0 radical (unpaired) electrons. The van der Waals surface area contributed by atoms with Crippen molar-refractivity contribution in [1.82, 2.24) is 0 Å². The first-order chi connectivity index (χ1) is 45.1. The van der Waals surface area contributed by atoms with Gasteiger partial charge in [0.1, 0.15) is 11.2 Å². The van der Waals surface area contributed by atoms with Crippen LogP contribution in [0.25, 0.3) is 132 Å². The molecule has 0 aliphatic heterocycles. The maximum atomic E-state index is 6.33. The SMILES string of the molecule is c1ccc(-c2ccc(-c3ccccc3N(c3ccccc3-c3cccc(N(c4ccc(-c5cccc6ccccc56)cc4)c4ccc5c(ccc6cc(-c7cccc8oc9ccccc9c78)ccc65)c4)c3)c3ccc(-c4ccccc4)c4ccccc34)cc2)cc1. The van der Waals surface area contributed by atoms with E-state index in [1.165, 1.54) is 71.3 Å². The predicted molar refractivity (Wildman–Crippen MR) is 386 cm³/mol. The summed E-state index contributed by atoms with van der Waals surface area (Å²) in [6.07, 6.45) is 0. The van der Waals surface area contributed by atoms with Gasteiger partial charge in [-0.2, -0.15) is 0 Å². The van der Waals surface area contributed by atoms with Gasteiger partial charge in [0.2, 0.25) is 0 Å². The van der Waals surface area contributed by atoms with Crippen molar-refractivity contribution >= 4 is 99.2 Å². The van der Waals surface area contributed by atoms with Crippen molar-refractivity contribution in [3.05, 3.63) is 352 Å². The first-order valence-electron chi connectivity index (χ1n) is 31.2. The van der Waals surface area contributed by atoms with Gasteiger partial charge >= 0.3 is 0 Å². The van der Waals surface area contributed by atoms with Crippen molar-refractivity contribution in [3.63, 3.8) is 0 Å². The van der Waals surface area contributed by atoms with Crippen LogP contribution in [0.3, 0.4) is 0 Å². The standard InChI is InChI=1S/C88H58N2O/c1-3-20-59(21-4-1)60-40-42-64(43-41-60)77-29-11-14-36-83(77)90(85-55-54-74(61-22-5-2-6-23-61)80-31-9-10-32-81(80)85)84-37-15-12-30-78(84)65-26-17-27-70(57-65)89(69-49-46-63(47-50-69)73-34-18-25-62-24-7-8-28-72(62)73)71-51-53-76-68(58-71)45-44-66-56-67(48-52-75(66)76)79-35-19-39-87-88(79)82-33-13-16-38-86(82)91-87/h1-58H. The Labute approximate surface area is 528 Å². The molecule has 0 N–H and O–H groups in total. The van der Waals surface area contributed by atoms with Crippen LogP contribution >= 0.6 is 0 Å². The van der Waals surface area contributed by atoms with Crippen molar-refractivity contribution in [2.75, 3.05) is 9.80 Å². The first-order valence-corrected chi connectivity index (χ1v) is 31.2. The quantitative estimate of drug-likeness (QED) is 0.114. The lowest BCUT2D eigenvalue weighted by Crippen LogP contribution is -2.13. The van der Waals surface area contributed by atoms with Gasteiger partial charge in [0.05, 0.1) is 17.1 Å². The summed E-state index contributed by atoms with van der Waals surface area (Å²) in [5, 5.41) is 11.8. The van der Waals surface area contributed by atoms with Crippen molar-refractivity contribution < 1.29 is 4.42 Å². The molecule has 0 fully saturated rings. The molecule has 0 amide bonds. The van der Waals surface area contributed by atoms with Gasteiger partial charge in [0.15, 0.2) is 0 Å². The molecule has 0 bridgehead atoms. The fraction of sp³-hybridized carbons (Fsp3) is 0. The van der Waals surface area contributed by atoms with Crippen LogP contribution in [0.2, 0.25) is 0 Å². The second-order valence-electron chi connectivity index (χ2n) is 23.5.